The normalized spacial score (nSPS) is 15.9. The number of hydrogen-bond acceptors (Lipinski definition) is 4. The fourth-order valence-corrected chi connectivity index (χ4v) is 7.85. The number of nitrogens with zero attached hydrogens (tertiary/aromatic N) is 1. The Morgan fingerprint density at radius 3 is 2.13 bits per heavy atom. The number of aromatic nitrogens is 1. The second-order valence-corrected chi connectivity index (χ2v) is 16.0. The van der Waals surface area contributed by atoms with E-state index in [9.17, 15) is 9.90 Å². The monoisotopic (exact) mass is 817 g/mol. The second-order valence-electron chi connectivity index (χ2n) is 14.9. The Labute approximate surface area is 295 Å². The molecule has 2 heterocycles. The van der Waals surface area contributed by atoms with Crippen molar-refractivity contribution in [2.75, 3.05) is 0 Å². The number of thiophene rings is 1. The van der Waals surface area contributed by atoms with Gasteiger partial charge in [0.05, 0.1) is 0 Å². The standard InChI is InChI=1S/C26H26NS.C15H28O2.Ir/c1-16-15-19-21(26(4,5)13-12-25(19,2)3)20-18-11-14-27-22(24(18)28-23(16)20)17-9-7-6-8-10-17;1-7-14(5,8-2)12(16)11-13(17)15(6,9-3)10-4;/h6-9,11,14-15H,12-13H2,1-5H3;11,16H,7-10H2,1-6H3;/q-1;;/b;12-11-;. The summed E-state index contributed by atoms with van der Waals surface area (Å²) < 4.78 is 2.71. The first-order chi connectivity index (χ1) is 21.1. The van der Waals surface area contributed by atoms with Gasteiger partial charge in [-0.25, -0.2) is 0 Å². The summed E-state index contributed by atoms with van der Waals surface area (Å²) in [6, 6.07) is 16.2. The molecule has 1 radical (unpaired) electrons. The van der Waals surface area contributed by atoms with Crippen LogP contribution in [0.5, 0.6) is 0 Å². The molecule has 0 fully saturated rings. The summed E-state index contributed by atoms with van der Waals surface area (Å²) in [4.78, 5) is 16.9. The third-order valence-corrected chi connectivity index (χ3v) is 12.5. The average Bonchev–Trinajstić information content (AvgIpc) is 3.43. The maximum Gasteiger partial charge on any atom is 0.164 e. The molecule has 5 heteroatoms. The van der Waals surface area contributed by atoms with Crippen molar-refractivity contribution in [3.05, 3.63) is 77.2 Å². The van der Waals surface area contributed by atoms with Crippen LogP contribution in [0.15, 0.2) is 54.4 Å². The quantitative estimate of drug-likeness (QED) is 0.109. The number of hydrogen-bond donors (Lipinski definition) is 1. The SMILES string of the molecule is CCC(C)(CC)C(=O)/C=C(\O)C(C)(CC)CC.Cc1cc2c(c3c1sc1c(-c4[c-]cccc4)nccc13)C(C)(C)CCC2(C)C.[Ir]. The summed E-state index contributed by atoms with van der Waals surface area (Å²) >= 11 is 1.90. The van der Waals surface area contributed by atoms with E-state index in [-0.39, 0.29) is 53.3 Å². The van der Waals surface area contributed by atoms with Crippen LogP contribution in [0.2, 0.25) is 0 Å². The van der Waals surface area contributed by atoms with Crippen LogP contribution >= 0.6 is 11.3 Å². The minimum Gasteiger partial charge on any atom is -0.512 e. The van der Waals surface area contributed by atoms with Crippen LogP contribution in [0.25, 0.3) is 31.4 Å². The number of fused-ring (bicyclic) bond motifs is 5. The summed E-state index contributed by atoms with van der Waals surface area (Å²) in [7, 11) is 0. The fourth-order valence-electron chi connectivity index (χ4n) is 6.58. The molecule has 0 spiro atoms. The average molecular weight is 817 g/mol. The minimum absolute atomic E-state index is 0. The number of aryl methyl sites for hydroxylation is 1. The molecular weight excluding hydrogens is 763 g/mol. The molecule has 5 rings (SSSR count). The molecule has 0 aliphatic heterocycles. The van der Waals surface area contributed by atoms with Gasteiger partial charge >= 0.3 is 0 Å². The molecule has 0 bridgehead atoms. The van der Waals surface area contributed by atoms with Gasteiger partial charge in [-0.05, 0) is 84.4 Å². The molecule has 4 aromatic rings. The molecule has 0 amide bonds. The molecule has 46 heavy (non-hydrogen) atoms. The molecule has 0 saturated heterocycles. The Hall–Kier alpha value is -2.33. The number of aliphatic hydroxyl groups excluding tert-OH is 1. The van der Waals surface area contributed by atoms with Crippen molar-refractivity contribution in [3.63, 3.8) is 0 Å². The number of carbonyl (C=O) groups is 1. The molecule has 2 aromatic carbocycles. The van der Waals surface area contributed by atoms with Gasteiger partial charge in [-0.1, -0.05) is 75.3 Å². The first kappa shape index (κ1) is 38.1. The number of carbonyl (C=O) groups excluding carboxylic acids is 1. The Morgan fingerprint density at radius 1 is 0.957 bits per heavy atom. The van der Waals surface area contributed by atoms with E-state index in [1.807, 2.05) is 71.2 Å². The van der Waals surface area contributed by atoms with Crippen molar-refractivity contribution < 1.29 is 30.0 Å². The van der Waals surface area contributed by atoms with E-state index < -0.39 is 0 Å². The van der Waals surface area contributed by atoms with Crippen molar-refractivity contribution in [1.29, 1.82) is 0 Å². The van der Waals surface area contributed by atoms with Crippen molar-refractivity contribution >= 4 is 37.3 Å². The summed E-state index contributed by atoms with van der Waals surface area (Å²) in [5.74, 6) is 0.286. The topological polar surface area (TPSA) is 50.2 Å². The van der Waals surface area contributed by atoms with Crippen molar-refractivity contribution in [3.8, 4) is 11.3 Å². The van der Waals surface area contributed by atoms with Crippen LogP contribution in [-0.2, 0) is 35.7 Å². The maximum atomic E-state index is 12.2. The molecule has 251 valence electrons. The van der Waals surface area contributed by atoms with E-state index in [0.717, 1.165) is 36.9 Å². The molecule has 2 aromatic heterocycles. The minimum atomic E-state index is -0.337. The number of rotatable bonds is 8. The van der Waals surface area contributed by atoms with E-state index in [0.29, 0.717) is 0 Å². The van der Waals surface area contributed by atoms with Crippen LogP contribution in [-0.4, -0.2) is 15.9 Å². The van der Waals surface area contributed by atoms with Crippen LogP contribution in [0.1, 0.15) is 124 Å². The molecular formula is C41H54IrNO2S-. The van der Waals surface area contributed by atoms with E-state index >= 15 is 0 Å². The van der Waals surface area contributed by atoms with E-state index in [4.69, 9.17) is 4.98 Å². The van der Waals surface area contributed by atoms with Crippen LogP contribution in [0, 0.1) is 23.8 Å². The molecule has 3 nitrogen and oxygen atoms in total. The number of benzene rings is 2. The van der Waals surface area contributed by atoms with Crippen molar-refractivity contribution in [1.82, 2.24) is 4.98 Å². The summed E-state index contributed by atoms with van der Waals surface area (Å²) in [6.45, 7) is 24.0. The summed E-state index contributed by atoms with van der Waals surface area (Å²) in [6.07, 6.45) is 9.20. The van der Waals surface area contributed by atoms with Crippen molar-refractivity contribution in [2.24, 2.45) is 10.8 Å². The third kappa shape index (κ3) is 7.08. The molecule has 1 N–H and O–H groups in total. The zero-order chi connectivity index (χ0) is 33.4. The molecule has 1 aliphatic rings. The second kappa shape index (κ2) is 14.4. The first-order valence-electron chi connectivity index (χ1n) is 16.9. The van der Waals surface area contributed by atoms with Gasteiger partial charge in [0.15, 0.2) is 5.78 Å². The Balaban J connectivity index is 0.000000280. The van der Waals surface area contributed by atoms with Gasteiger partial charge < -0.3 is 10.1 Å². The largest absolute Gasteiger partial charge is 0.512 e. The van der Waals surface area contributed by atoms with Crippen LogP contribution in [0.3, 0.4) is 0 Å². The predicted octanol–water partition coefficient (Wildman–Crippen LogP) is 12.2. The Morgan fingerprint density at radius 2 is 1.57 bits per heavy atom. The Kier molecular flexibility index (Phi) is 12.0. The zero-order valence-electron chi connectivity index (χ0n) is 29.9. The van der Waals surface area contributed by atoms with E-state index in [2.05, 4.69) is 65.0 Å². The zero-order valence-corrected chi connectivity index (χ0v) is 33.1. The van der Waals surface area contributed by atoms with Gasteiger partial charge in [0, 0.05) is 63.7 Å². The first-order valence-corrected chi connectivity index (χ1v) is 17.7. The van der Waals surface area contributed by atoms with Gasteiger partial charge in [-0.2, -0.15) is 0 Å². The number of aliphatic hydroxyl groups is 1. The number of allylic oxidation sites excluding steroid dienone is 2. The maximum absolute atomic E-state index is 12.2. The molecule has 1 aliphatic carbocycles. The van der Waals surface area contributed by atoms with E-state index in [1.165, 1.54) is 50.2 Å². The van der Waals surface area contributed by atoms with Gasteiger partial charge in [-0.15, -0.1) is 47.2 Å². The van der Waals surface area contributed by atoms with Gasteiger partial charge in [-0.3, -0.25) is 4.79 Å². The fraction of sp³-hybridized carbons (Fsp3) is 0.512. The smallest absolute Gasteiger partial charge is 0.164 e. The predicted molar refractivity (Wildman–Crippen MR) is 195 cm³/mol. The molecule has 0 saturated carbocycles. The summed E-state index contributed by atoms with van der Waals surface area (Å²) in [5, 5.41) is 13.0. The molecule has 0 atom stereocenters. The van der Waals surface area contributed by atoms with Gasteiger partial charge in [0.25, 0.3) is 0 Å². The van der Waals surface area contributed by atoms with Crippen molar-refractivity contribution in [2.45, 2.75) is 126 Å². The van der Waals surface area contributed by atoms with Crippen LogP contribution < -0.4 is 0 Å². The van der Waals surface area contributed by atoms with Crippen LogP contribution in [0.4, 0.5) is 0 Å². The Bertz CT molecular complexity index is 1710. The van der Waals surface area contributed by atoms with Gasteiger partial charge in [0.1, 0.15) is 5.76 Å². The van der Waals surface area contributed by atoms with Gasteiger partial charge in [0.2, 0.25) is 0 Å². The molecule has 0 unspecified atom stereocenters. The third-order valence-electron chi connectivity index (χ3n) is 11.2. The number of pyridine rings is 1. The summed E-state index contributed by atoms with van der Waals surface area (Å²) in [5.41, 5.74) is 6.43. The number of ketones is 1. The van der Waals surface area contributed by atoms with E-state index in [1.54, 1.807) is 5.56 Å².